The molecule has 94 valence electrons. The minimum atomic E-state index is -1.39. The van der Waals surface area contributed by atoms with Crippen LogP contribution < -0.4 is 10.6 Å². The Morgan fingerprint density at radius 2 is 2.06 bits per heavy atom. The molecular weight excluding hydrogens is 238 g/mol. The van der Waals surface area contributed by atoms with E-state index in [9.17, 15) is 9.59 Å². The Morgan fingerprint density at radius 1 is 1.39 bits per heavy atom. The Hall–Kier alpha value is -2.59. The maximum Gasteiger partial charge on any atom is 0.328 e. The number of carbonyl (C=O) groups is 2. The number of urea groups is 1. The number of carbonyl (C=O) groups excluding carboxylic acids is 1. The number of benzene rings is 1. The second-order valence-corrected chi connectivity index (χ2v) is 3.33. The van der Waals surface area contributed by atoms with Crippen LogP contribution in [-0.4, -0.2) is 34.9 Å². The molecular formula is C11H11N3O4. The predicted molar refractivity (Wildman–Crippen MR) is 61.8 cm³/mol. The number of hydrogen-bond acceptors (Lipinski definition) is 4. The summed E-state index contributed by atoms with van der Waals surface area (Å²) in [5.74, 6) is -1.35. The van der Waals surface area contributed by atoms with E-state index in [4.69, 9.17) is 15.5 Å². The van der Waals surface area contributed by atoms with Crippen molar-refractivity contribution in [2.75, 3.05) is 11.9 Å². The van der Waals surface area contributed by atoms with Gasteiger partial charge < -0.3 is 20.8 Å². The molecule has 0 aromatic heterocycles. The van der Waals surface area contributed by atoms with Crippen LogP contribution in [0.5, 0.6) is 0 Å². The van der Waals surface area contributed by atoms with Gasteiger partial charge in [-0.05, 0) is 12.1 Å². The highest BCUT2D eigenvalue weighted by atomic mass is 16.4. The van der Waals surface area contributed by atoms with Crippen LogP contribution >= 0.6 is 0 Å². The summed E-state index contributed by atoms with van der Waals surface area (Å²) in [4.78, 5) is 22.0. The van der Waals surface area contributed by atoms with Crippen LogP contribution in [0.4, 0.5) is 10.5 Å². The van der Waals surface area contributed by atoms with Gasteiger partial charge in [-0.15, -0.1) is 0 Å². The van der Waals surface area contributed by atoms with Crippen molar-refractivity contribution in [2.24, 2.45) is 0 Å². The van der Waals surface area contributed by atoms with Crippen molar-refractivity contribution in [3.8, 4) is 6.07 Å². The van der Waals surface area contributed by atoms with Crippen LogP contribution in [0.15, 0.2) is 24.3 Å². The van der Waals surface area contributed by atoms with Crippen LogP contribution in [0, 0.1) is 11.3 Å². The van der Waals surface area contributed by atoms with E-state index < -0.39 is 24.6 Å². The Kier molecular flexibility index (Phi) is 4.66. The number of carboxylic acids is 1. The maximum atomic E-state index is 11.4. The van der Waals surface area contributed by atoms with Gasteiger partial charge in [-0.1, -0.05) is 12.1 Å². The van der Waals surface area contributed by atoms with Gasteiger partial charge in [0.05, 0.1) is 17.9 Å². The number of rotatable bonds is 4. The third-order valence-electron chi connectivity index (χ3n) is 2.08. The fourth-order valence-electron chi connectivity index (χ4n) is 1.19. The summed E-state index contributed by atoms with van der Waals surface area (Å²) < 4.78 is 0. The molecule has 1 aromatic carbocycles. The summed E-state index contributed by atoms with van der Waals surface area (Å²) in [5.41, 5.74) is 0.517. The Bertz CT molecular complexity index is 495. The summed E-state index contributed by atoms with van der Waals surface area (Å²) in [7, 11) is 0. The van der Waals surface area contributed by atoms with Crippen molar-refractivity contribution in [2.45, 2.75) is 6.04 Å². The van der Waals surface area contributed by atoms with Gasteiger partial charge in [0.1, 0.15) is 6.07 Å². The van der Waals surface area contributed by atoms with Crippen molar-refractivity contribution in [1.82, 2.24) is 5.32 Å². The molecule has 0 fully saturated rings. The molecule has 0 aliphatic heterocycles. The SMILES string of the molecule is N#Cc1ccccc1NC(=O)N[C@@H](CO)C(=O)O. The largest absolute Gasteiger partial charge is 0.480 e. The summed E-state index contributed by atoms with van der Waals surface area (Å²) in [6.07, 6.45) is 0. The summed E-state index contributed by atoms with van der Waals surface area (Å²) >= 11 is 0. The van der Waals surface area contributed by atoms with E-state index in [1.807, 2.05) is 6.07 Å². The minimum Gasteiger partial charge on any atom is -0.480 e. The van der Waals surface area contributed by atoms with Gasteiger partial charge in [0.15, 0.2) is 6.04 Å². The van der Waals surface area contributed by atoms with Crippen molar-refractivity contribution < 1.29 is 19.8 Å². The van der Waals surface area contributed by atoms with E-state index >= 15 is 0 Å². The first-order chi connectivity index (χ1) is 8.58. The van der Waals surface area contributed by atoms with Crippen molar-refractivity contribution in [3.05, 3.63) is 29.8 Å². The van der Waals surface area contributed by atoms with E-state index in [0.717, 1.165) is 0 Å². The highest BCUT2D eigenvalue weighted by Crippen LogP contribution is 2.12. The number of carboxylic acid groups (broad SMARTS) is 1. The molecule has 0 aliphatic rings. The Balaban J connectivity index is 2.71. The molecule has 7 nitrogen and oxygen atoms in total. The Morgan fingerprint density at radius 3 is 2.61 bits per heavy atom. The van der Waals surface area contributed by atoms with Crippen LogP contribution in [-0.2, 0) is 4.79 Å². The standard InChI is InChI=1S/C11H11N3O4/c12-5-7-3-1-2-4-8(7)13-11(18)14-9(6-15)10(16)17/h1-4,9,15H,6H2,(H,16,17)(H2,13,14,18)/t9-/m0/s1. The molecule has 0 spiro atoms. The van der Waals surface area contributed by atoms with Crippen LogP contribution in [0.3, 0.4) is 0 Å². The molecule has 7 heteroatoms. The first-order valence-electron chi connectivity index (χ1n) is 4.98. The van der Waals surface area contributed by atoms with Crippen LogP contribution in [0.25, 0.3) is 0 Å². The quantitative estimate of drug-likeness (QED) is 0.603. The molecule has 0 saturated carbocycles. The average molecular weight is 249 g/mol. The molecule has 0 bridgehead atoms. The molecule has 0 aliphatic carbocycles. The van der Waals surface area contributed by atoms with E-state index in [1.54, 1.807) is 12.1 Å². The maximum absolute atomic E-state index is 11.4. The first kappa shape index (κ1) is 13.5. The zero-order valence-electron chi connectivity index (χ0n) is 9.25. The average Bonchev–Trinajstić information content (AvgIpc) is 2.36. The summed E-state index contributed by atoms with van der Waals surface area (Å²) in [6, 6.07) is 5.96. The van der Waals surface area contributed by atoms with Gasteiger partial charge in [0.2, 0.25) is 0 Å². The smallest absolute Gasteiger partial charge is 0.328 e. The lowest BCUT2D eigenvalue weighted by Crippen LogP contribution is -2.45. The summed E-state index contributed by atoms with van der Waals surface area (Å²) in [6.45, 7) is -0.720. The third kappa shape index (κ3) is 3.47. The van der Waals surface area contributed by atoms with Gasteiger partial charge >= 0.3 is 12.0 Å². The third-order valence-corrected chi connectivity index (χ3v) is 2.08. The topological polar surface area (TPSA) is 122 Å². The van der Waals surface area contributed by atoms with Gasteiger partial charge in [-0.2, -0.15) is 5.26 Å². The number of amides is 2. The second kappa shape index (κ2) is 6.22. The lowest BCUT2D eigenvalue weighted by atomic mass is 10.2. The molecule has 0 heterocycles. The molecule has 0 radical (unpaired) electrons. The van der Waals surface area contributed by atoms with Crippen LogP contribution in [0.2, 0.25) is 0 Å². The molecule has 18 heavy (non-hydrogen) atoms. The molecule has 4 N–H and O–H groups in total. The zero-order valence-corrected chi connectivity index (χ0v) is 9.25. The van der Waals surface area contributed by atoms with Crippen LogP contribution in [0.1, 0.15) is 5.56 Å². The number of aliphatic hydroxyl groups is 1. The van der Waals surface area contributed by atoms with E-state index in [1.165, 1.54) is 12.1 Å². The van der Waals surface area contributed by atoms with Gasteiger partial charge in [0, 0.05) is 0 Å². The highest BCUT2D eigenvalue weighted by Gasteiger charge is 2.18. The van der Waals surface area contributed by atoms with Gasteiger partial charge in [0.25, 0.3) is 0 Å². The van der Waals surface area contributed by atoms with Crippen molar-refractivity contribution in [3.63, 3.8) is 0 Å². The van der Waals surface area contributed by atoms with Crippen molar-refractivity contribution >= 4 is 17.7 Å². The molecule has 1 atom stereocenters. The normalized spacial score (nSPS) is 11.1. The van der Waals surface area contributed by atoms with Gasteiger partial charge in [-0.3, -0.25) is 0 Å². The number of aliphatic hydroxyl groups excluding tert-OH is 1. The molecule has 0 unspecified atom stereocenters. The molecule has 2 amide bonds. The van der Waals surface area contributed by atoms with Gasteiger partial charge in [-0.25, -0.2) is 9.59 Å². The Labute approximate surface area is 103 Å². The first-order valence-corrected chi connectivity index (χ1v) is 4.98. The predicted octanol–water partition coefficient (Wildman–Crippen LogP) is 0.125. The van der Waals surface area contributed by atoms with E-state index in [-0.39, 0.29) is 11.3 Å². The molecule has 1 rings (SSSR count). The zero-order chi connectivity index (χ0) is 13.5. The number of aliphatic carboxylic acids is 1. The molecule has 1 aromatic rings. The van der Waals surface area contributed by atoms with E-state index in [0.29, 0.717) is 0 Å². The fraction of sp³-hybridized carbons (Fsp3) is 0.182. The molecule has 0 saturated heterocycles. The number of nitrogens with zero attached hydrogens (tertiary/aromatic N) is 1. The minimum absolute atomic E-state index is 0.253. The number of anilines is 1. The van der Waals surface area contributed by atoms with Crippen molar-refractivity contribution in [1.29, 1.82) is 5.26 Å². The monoisotopic (exact) mass is 249 g/mol. The number of nitriles is 1. The number of nitrogens with one attached hydrogen (secondary N) is 2. The number of para-hydroxylation sites is 1. The lowest BCUT2D eigenvalue weighted by molar-refractivity contribution is -0.140. The summed E-state index contributed by atoms with van der Waals surface area (Å²) in [5, 5.41) is 30.6. The number of hydrogen-bond donors (Lipinski definition) is 4. The van der Waals surface area contributed by atoms with E-state index in [2.05, 4.69) is 10.6 Å². The fourth-order valence-corrected chi connectivity index (χ4v) is 1.19. The highest BCUT2D eigenvalue weighted by molar-refractivity contribution is 5.93. The second-order valence-electron chi connectivity index (χ2n) is 3.33. The lowest BCUT2D eigenvalue weighted by Gasteiger charge is -2.13.